The number of anilines is 1. The van der Waals surface area contributed by atoms with Crippen molar-refractivity contribution < 1.29 is 14.3 Å². The normalized spacial score (nSPS) is 10.3. The zero-order valence-corrected chi connectivity index (χ0v) is 13.9. The quantitative estimate of drug-likeness (QED) is 0.604. The molecule has 0 radical (unpaired) electrons. The van der Waals surface area contributed by atoms with Gasteiger partial charge in [-0.15, -0.1) is 0 Å². The van der Waals surface area contributed by atoms with Crippen LogP contribution < -0.4 is 21.3 Å². The number of nitrogens with one attached hydrogen (secondary N) is 2. The first-order chi connectivity index (χ1) is 12.0. The minimum absolute atomic E-state index is 0.0532. The van der Waals surface area contributed by atoms with Gasteiger partial charge in [0.2, 0.25) is 0 Å². The maximum Gasteiger partial charge on any atom is 0.257 e. The first-order valence-corrected chi connectivity index (χ1v) is 7.86. The lowest BCUT2D eigenvalue weighted by molar-refractivity contribution is -0.123. The molecule has 1 heterocycles. The van der Waals surface area contributed by atoms with Crippen molar-refractivity contribution in [2.24, 2.45) is 0 Å². The highest BCUT2D eigenvalue weighted by atomic mass is 16.5. The number of ether oxygens (including phenoxy) is 1. The van der Waals surface area contributed by atoms with E-state index in [0.29, 0.717) is 36.5 Å². The molecule has 1 aromatic carbocycles. The summed E-state index contributed by atoms with van der Waals surface area (Å²) in [5, 5.41) is 2.66. The van der Waals surface area contributed by atoms with E-state index in [-0.39, 0.29) is 29.7 Å². The fourth-order valence-electron chi connectivity index (χ4n) is 2.11. The van der Waals surface area contributed by atoms with E-state index in [1.165, 1.54) is 6.07 Å². The molecule has 2 aromatic rings. The van der Waals surface area contributed by atoms with Gasteiger partial charge in [-0.1, -0.05) is 6.92 Å². The number of hydrogen-bond donors (Lipinski definition) is 3. The third kappa shape index (κ3) is 5.76. The van der Waals surface area contributed by atoms with Crippen molar-refractivity contribution in [3.63, 3.8) is 0 Å². The number of Topliss-reactive ketones (excluding diaryl/α,β-unsaturated/α-hetero) is 1. The summed E-state index contributed by atoms with van der Waals surface area (Å²) in [6.45, 7) is 1.94. The lowest BCUT2D eigenvalue weighted by Crippen LogP contribution is -2.31. The minimum Gasteiger partial charge on any atom is -0.484 e. The zero-order valence-electron chi connectivity index (χ0n) is 13.9. The molecule has 0 fully saturated rings. The average Bonchev–Trinajstić information content (AvgIpc) is 2.59. The van der Waals surface area contributed by atoms with Crippen molar-refractivity contribution in [1.29, 1.82) is 0 Å². The van der Waals surface area contributed by atoms with Gasteiger partial charge in [0.25, 0.3) is 11.5 Å². The Hall–Kier alpha value is -3.16. The molecular formula is C17H20N4O4. The highest BCUT2D eigenvalue weighted by Gasteiger charge is 2.06. The van der Waals surface area contributed by atoms with Gasteiger partial charge in [-0.3, -0.25) is 14.4 Å². The Morgan fingerprint density at radius 2 is 2.00 bits per heavy atom. The maximum absolute atomic E-state index is 11.8. The smallest absolute Gasteiger partial charge is 0.257 e. The molecule has 0 spiro atoms. The predicted molar refractivity (Wildman–Crippen MR) is 92.5 cm³/mol. The van der Waals surface area contributed by atoms with E-state index in [4.69, 9.17) is 10.5 Å². The van der Waals surface area contributed by atoms with Crippen LogP contribution in [0.5, 0.6) is 5.75 Å². The number of carbonyl (C=O) groups excluding carboxylic acids is 2. The molecule has 0 aliphatic heterocycles. The number of nitrogens with zero attached hydrogens (tertiary/aromatic N) is 1. The van der Waals surface area contributed by atoms with Crippen molar-refractivity contribution in [1.82, 2.24) is 15.3 Å². The summed E-state index contributed by atoms with van der Waals surface area (Å²) in [6.07, 6.45) is 0.787. The molecule has 8 heteroatoms. The van der Waals surface area contributed by atoms with Crippen LogP contribution in [-0.2, 0) is 11.2 Å². The lowest BCUT2D eigenvalue weighted by Gasteiger charge is -2.08. The molecule has 0 aliphatic rings. The maximum atomic E-state index is 11.8. The molecule has 8 nitrogen and oxygen atoms in total. The van der Waals surface area contributed by atoms with Crippen LogP contribution in [0.25, 0.3) is 0 Å². The average molecular weight is 344 g/mol. The second-order valence-corrected chi connectivity index (χ2v) is 5.31. The van der Waals surface area contributed by atoms with Gasteiger partial charge in [-0.25, -0.2) is 4.98 Å². The first kappa shape index (κ1) is 18.2. The third-order valence-corrected chi connectivity index (χ3v) is 3.36. The lowest BCUT2D eigenvalue weighted by atomic mass is 10.1. The molecule has 2 rings (SSSR count). The summed E-state index contributed by atoms with van der Waals surface area (Å²) in [5.74, 6) is 0.794. The summed E-state index contributed by atoms with van der Waals surface area (Å²) in [6, 6.07) is 7.83. The van der Waals surface area contributed by atoms with Gasteiger partial charge >= 0.3 is 0 Å². The number of aromatic nitrogens is 2. The Kier molecular flexibility index (Phi) is 6.27. The molecule has 0 unspecified atom stereocenters. The van der Waals surface area contributed by atoms with E-state index in [9.17, 15) is 14.4 Å². The Labute approximate surface area is 144 Å². The molecule has 0 saturated heterocycles. The Balaban J connectivity index is 1.75. The van der Waals surface area contributed by atoms with Gasteiger partial charge in [0.1, 0.15) is 17.4 Å². The number of H-pyrrole nitrogens is 1. The van der Waals surface area contributed by atoms with Crippen LogP contribution in [0.1, 0.15) is 29.5 Å². The molecule has 132 valence electrons. The highest BCUT2D eigenvalue weighted by Crippen LogP contribution is 2.13. The second kappa shape index (κ2) is 8.62. The summed E-state index contributed by atoms with van der Waals surface area (Å²) in [5.41, 5.74) is 5.76. The largest absolute Gasteiger partial charge is 0.484 e. The van der Waals surface area contributed by atoms with Gasteiger partial charge in [-0.2, -0.15) is 0 Å². The number of benzene rings is 1. The predicted octanol–water partition coefficient (Wildman–Crippen LogP) is 0.682. The Morgan fingerprint density at radius 1 is 1.28 bits per heavy atom. The van der Waals surface area contributed by atoms with Gasteiger partial charge in [0, 0.05) is 31.0 Å². The van der Waals surface area contributed by atoms with Crippen LogP contribution in [0.2, 0.25) is 0 Å². The topological polar surface area (TPSA) is 127 Å². The molecule has 1 aromatic heterocycles. The van der Waals surface area contributed by atoms with Crippen LogP contribution in [-0.4, -0.2) is 34.8 Å². The molecule has 0 saturated carbocycles. The van der Waals surface area contributed by atoms with Crippen molar-refractivity contribution in [2.75, 3.05) is 18.9 Å². The minimum atomic E-state index is -0.331. The van der Waals surface area contributed by atoms with E-state index in [1.807, 2.05) is 0 Å². The Bertz CT molecular complexity index is 799. The molecule has 1 amide bonds. The molecular weight excluding hydrogens is 324 g/mol. The molecule has 4 N–H and O–H groups in total. The summed E-state index contributed by atoms with van der Waals surface area (Å²) >= 11 is 0. The van der Waals surface area contributed by atoms with Gasteiger partial charge < -0.3 is 20.8 Å². The van der Waals surface area contributed by atoms with E-state index in [0.717, 1.165) is 0 Å². The van der Waals surface area contributed by atoms with Crippen LogP contribution in [0.3, 0.4) is 0 Å². The van der Waals surface area contributed by atoms with Crippen LogP contribution in [0.15, 0.2) is 35.1 Å². The van der Waals surface area contributed by atoms with Gasteiger partial charge in [0.05, 0.1) is 0 Å². The SMILES string of the molecule is CCC(=O)c1ccc(OCC(=O)NCCc2nc(N)cc(=O)[nH]2)cc1. The number of amides is 1. The fourth-order valence-corrected chi connectivity index (χ4v) is 2.11. The fraction of sp³-hybridized carbons (Fsp3) is 0.294. The highest BCUT2D eigenvalue weighted by molar-refractivity contribution is 5.95. The standard InChI is InChI=1S/C17H20N4O4/c1-2-13(22)11-3-5-12(6-4-11)25-10-17(24)19-8-7-15-20-14(18)9-16(23)21-15/h3-6,9H,2,7-8,10H2,1H3,(H,19,24)(H3,18,20,21,23). The number of hydrogen-bond acceptors (Lipinski definition) is 6. The number of aromatic amines is 1. The first-order valence-electron chi connectivity index (χ1n) is 7.86. The van der Waals surface area contributed by atoms with E-state index in [1.54, 1.807) is 31.2 Å². The van der Waals surface area contributed by atoms with Crippen molar-refractivity contribution >= 4 is 17.5 Å². The van der Waals surface area contributed by atoms with Gasteiger partial charge in [0.15, 0.2) is 12.4 Å². The van der Waals surface area contributed by atoms with Crippen molar-refractivity contribution in [3.8, 4) is 5.75 Å². The summed E-state index contributed by atoms with van der Waals surface area (Å²) in [4.78, 5) is 41.0. The monoisotopic (exact) mass is 344 g/mol. The van der Waals surface area contributed by atoms with E-state index in [2.05, 4.69) is 15.3 Å². The third-order valence-electron chi connectivity index (χ3n) is 3.36. The molecule has 0 bridgehead atoms. The number of carbonyl (C=O) groups is 2. The van der Waals surface area contributed by atoms with E-state index < -0.39 is 0 Å². The van der Waals surface area contributed by atoms with Crippen molar-refractivity contribution in [2.45, 2.75) is 19.8 Å². The van der Waals surface area contributed by atoms with Crippen LogP contribution in [0, 0.1) is 0 Å². The van der Waals surface area contributed by atoms with Crippen LogP contribution >= 0.6 is 0 Å². The molecule has 0 atom stereocenters. The Morgan fingerprint density at radius 3 is 2.64 bits per heavy atom. The summed E-state index contributed by atoms with van der Waals surface area (Å²) < 4.78 is 5.36. The number of rotatable bonds is 8. The zero-order chi connectivity index (χ0) is 18.2. The summed E-state index contributed by atoms with van der Waals surface area (Å²) in [7, 11) is 0. The van der Waals surface area contributed by atoms with Crippen LogP contribution in [0.4, 0.5) is 5.82 Å². The van der Waals surface area contributed by atoms with E-state index >= 15 is 0 Å². The second-order valence-electron chi connectivity index (χ2n) is 5.31. The van der Waals surface area contributed by atoms with Gasteiger partial charge in [-0.05, 0) is 24.3 Å². The molecule has 25 heavy (non-hydrogen) atoms. The number of nitrogen functional groups attached to an aromatic ring is 1. The van der Waals surface area contributed by atoms with Crippen molar-refractivity contribution in [3.05, 3.63) is 52.1 Å². The molecule has 0 aliphatic carbocycles. The number of nitrogens with two attached hydrogens (primary N) is 1. The number of ketones is 1.